The fourth-order valence-corrected chi connectivity index (χ4v) is 3.81. The Balaban J connectivity index is 1.89. The summed E-state index contributed by atoms with van der Waals surface area (Å²) in [4.78, 5) is 16.3. The normalized spacial score (nSPS) is 18.2. The largest absolute Gasteiger partial charge is 0.454 e. The molecule has 7 heteroatoms. The third-order valence-corrected chi connectivity index (χ3v) is 5.40. The summed E-state index contributed by atoms with van der Waals surface area (Å²) in [7, 11) is 0. The Labute approximate surface area is 138 Å². The van der Waals surface area contributed by atoms with E-state index >= 15 is 0 Å². The standard InChI is InChI=1S/C14H10BrNO3S2/c1-2-3-20-14-16-10(13(17)21-14)4-8-5-11-12(6-9(8)15)19-7-18-11/h2,4-6H,1,3,7H2/b10-4-. The number of carbonyl (C=O) groups is 1. The van der Waals surface area contributed by atoms with Crippen LogP contribution < -0.4 is 9.47 Å². The number of benzene rings is 1. The van der Waals surface area contributed by atoms with Gasteiger partial charge in [-0.1, -0.05) is 33.8 Å². The summed E-state index contributed by atoms with van der Waals surface area (Å²) in [6, 6.07) is 3.67. The molecule has 0 unspecified atom stereocenters. The van der Waals surface area contributed by atoms with E-state index in [1.54, 1.807) is 12.2 Å². The highest BCUT2D eigenvalue weighted by Gasteiger charge is 2.23. The molecule has 0 saturated carbocycles. The predicted molar refractivity (Wildman–Crippen MR) is 90.9 cm³/mol. The van der Waals surface area contributed by atoms with Crippen LogP contribution in [0.4, 0.5) is 0 Å². The molecule has 0 atom stereocenters. The van der Waals surface area contributed by atoms with E-state index in [0.29, 0.717) is 17.2 Å². The molecule has 2 aliphatic rings. The number of hydrogen-bond acceptors (Lipinski definition) is 6. The molecule has 0 spiro atoms. The summed E-state index contributed by atoms with van der Waals surface area (Å²) in [6.07, 6.45) is 3.54. The van der Waals surface area contributed by atoms with Crippen LogP contribution in [0.2, 0.25) is 0 Å². The van der Waals surface area contributed by atoms with Gasteiger partial charge in [0.2, 0.25) is 11.9 Å². The molecule has 0 radical (unpaired) electrons. The molecule has 2 heterocycles. The Bertz CT molecular complexity index is 685. The molecule has 0 fully saturated rings. The van der Waals surface area contributed by atoms with E-state index in [-0.39, 0.29) is 11.9 Å². The molecular formula is C14H10BrNO3S2. The Morgan fingerprint density at radius 1 is 1.43 bits per heavy atom. The van der Waals surface area contributed by atoms with Crippen molar-refractivity contribution in [3.8, 4) is 11.5 Å². The Kier molecular flexibility index (Phi) is 4.42. The van der Waals surface area contributed by atoms with Crippen molar-refractivity contribution in [2.24, 2.45) is 4.99 Å². The van der Waals surface area contributed by atoms with Crippen molar-refractivity contribution < 1.29 is 14.3 Å². The van der Waals surface area contributed by atoms with E-state index in [1.165, 1.54) is 11.8 Å². The lowest BCUT2D eigenvalue weighted by Crippen LogP contribution is -1.92. The molecule has 3 rings (SSSR count). The first-order chi connectivity index (χ1) is 10.2. The lowest BCUT2D eigenvalue weighted by atomic mass is 10.1. The van der Waals surface area contributed by atoms with Crippen LogP contribution in [0.1, 0.15) is 5.56 Å². The second-order valence-corrected chi connectivity index (χ2v) is 7.21. The van der Waals surface area contributed by atoms with Crippen LogP contribution in [0.3, 0.4) is 0 Å². The summed E-state index contributed by atoms with van der Waals surface area (Å²) >= 11 is 6.12. The summed E-state index contributed by atoms with van der Waals surface area (Å²) < 4.78 is 12.2. The number of rotatable bonds is 3. The van der Waals surface area contributed by atoms with Gasteiger partial charge in [0.1, 0.15) is 10.1 Å². The van der Waals surface area contributed by atoms with Gasteiger partial charge in [0.05, 0.1) is 0 Å². The molecule has 0 aromatic heterocycles. The van der Waals surface area contributed by atoms with E-state index in [9.17, 15) is 4.79 Å². The van der Waals surface area contributed by atoms with Gasteiger partial charge in [0, 0.05) is 10.2 Å². The number of nitrogens with zero attached hydrogens (tertiary/aromatic N) is 1. The van der Waals surface area contributed by atoms with Gasteiger partial charge < -0.3 is 9.47 Å². The first-order valence-corrected chi connectivity index (χ1v) is 8.62. The minimum atomic E-state index is -0.0499. The molecule has 4 nitrogen and oxygen atoms in total. The SMILES string of the molecule is C=CCSC1=N/C(=C\c2cc3c(cc2Br)OCO3)C(=O)S1. The predicted octanol–water partition coefficient (Wildman–Crippen LogP) is 4.07. The van der Waals surface area contributed by atoms with Gasteiger partial charge in [0.25, 0.3) is 0 Å². The van der Waals surface area contributed by atoms with Crippen LogP contribution in [-0.2, 0) is 4.79 Å². The number of aliphatic imine (C=N–C) groups is 1. The first-order valence-electron chi connectivity index (χ1n) is 6.03. The van der Waals surface area contributed by atoms with E-state index in [0.717, 1.165) is 31.9 Å². The average molecular weight is 384 g/mol. The molecule has 1 aromatic rings. The number of carbonyl (C=O) groups excluding carboxylic acids is 1. The van der Waals surface area contributed by atoms with Crippen molar-refractivity contribution in [3.63, 3.8) is 0 Å². The molecule has 1 aromatic carbocycles. The highest BCUT2D eigenvalue weighted by Crippen LogP contribution is 2.39. The fourth-order valence-electron chi connectivity index (χ4n) is 1.77. The Hall–Kier alpha value is -1.18. The maximum atomic E-state index is 12.0. The number of hydrogen-bond donors (Lipinski definition) is 0. The Morgan fingerprint density at radius 3 is 2.95 bits per heavy atom. The lowest BCUT2D eigenvalue weighted by molar-refractivity contribution is -0.107. The number of fused-ring (bicyclic) bond motifs is 1. The van der Waals surface area contributed by atoms with Crippen LogP contribution in [0, 0.1) is 0 Å². The number of thioether (sulfide) groups is 2. The van der Waals surface area contributed by atoms with E-state index in [2.05, 4.69) is 27.5 Å². The van der Waals surface area contributed by atoms with Gasteiger partial charge in [-0.3, -0.25) is 4.79 Å². The van der Waals surface area contributed by atoms with Crippen LogP contribution in [0.5, 0.6) is 11.5 Å². The van der Waals surface area contributed by atoms with Crippen molar-refractivity contribution in [1.82, 2.24) is 0 Å². The van der Waals surface area contributed by atoms with Gasteiger partial charge >= 0.3 is 0 Å². The molecule has 0 N–H and O–H groups in total. The zero-order valence-electron chi connectivity index (χ0n) is 10.8. The minimum absolute atomic E-state index is 0.0499. The molecule has 0 amide bonds. The van der Waals surface area contributed by atoms with Crippen LogP contribution in [-0.4, -0.2) is 22.0 Å². The molecular weight excluding hydrogens is 374 g/mol. The third-order valence-electron chi connectivity index (χ3n) is 2.71. The second kappa shape index (κ2) is 6.29. The molecule has 21 heavy (non-hydrogen) atoms. The summed E-state index contributed by atoms with van der Waals surface area (Å²) in [5.41, 5.74) is 1.27. The quantitative estimate of drug-likeness (QED) is 0.581. The van der Waals surface area contributed by atoms with Gasteiger partial charge in [-0.05, 0) is 35.5 Å². The number of ether oxygens (including phenoxy) is 2. The molecule has 0 aliphatic carbocycles. The Morgan fingerprint density at radius 2 is 2.19 bits per heavy atom. The highest BCUT2D eigenvalue weighted by molar-refractivity contribution is 9.10. The maximum Gasteiger partial charge on any atom is 0.244 e. The van der Waals surface area contributed by atoms with Crippen LogP contribution >= 0.6 is 39.5 Å². The molecule has 0 saturated heterocycles. The summed E-state index contributed by atoms with van der Waals surface area (Å²) in [5, 5.41) is -0.0499. The van der Waals surface area contributed by atoms with E-state index in [1.807, 2.05) is 12.1 Å². The van der Waals surface area contributed by atoms with Gasteiger partial charge in [-0.25, -0.2) is 4.99 Å². The monoisotopic (exact) mass is 383 g/mol. The third kappa shape index (κ3) is 3.20. The number of halogens is 1. The summed E-state index contributed by atoms with van der Waals surface area (Å²) in [6.45, 7) is 3.88. The van der Waals surface area contributed by atoms with Gasteiger partial charge in [-0.15, -0.1) is 6.58 Å². The molecule has 2 aliphatic heterocycles. The zero-order valence-corrected chi connectivity index (χ0v) is 14.0. The average Bonchev–Trinajstić information content (AvgIpc) is 3.04. The smallest absolute Gasteiger partial charge is 0.244 e. The van der Waals surface area contributed by atoms with E-state index in [4.69, 9.17) is 9.47 Å². The van der Waals surface area contributed by atoms with Crippen molar-refractivity contribution in [1.29, 1.82) is 0 Å². The zero-order chi connectivity index (χ0) is 14.8. The second-order valence-electron chi connectivity index (χ2n) is 4.12. The van der Waals surface area contributed by atoms with Crippen molar-refractivity contribution >= 4 is 55.0 Å². The van der Waals surface area contributed by atoms with Crippen molar-refractivity contribution in [2.45, 2.75) is 0 Å². The minimum Gasteiger partial charge on any atom is -0.454 e. The van der Waals surface area contributed by atoms with Crippen LogP contribution in [0.25, 0.3) is 6.08 Å². The highest BCUT2D eigenvalue weighted by atomic mass is 79.9. The topological polar surface area (TPSA) is 47.9 Å². The van der Waals surface area contributed by atoms with Crippen LogP contribution in [0.15, 0.2) is 39.9 Å². The fraction of sp³-hybridized carbons (Fsp3) is 0.143. The van der Waals surface area contributed by atoms with E-state index < -0.39 is 0 Å². The lowest BCUT2D eigenvalue weighted by Gasteiger charge is -2.02. The van der Waals surface area contributed by atoms with Crippen molar-refractivity contribution in [3.05, 3.63) is 40.5 Å². The molecule has 0 bridgehead atoms. The first kappa shape index (κ1) is 14.7. The van der Waals surface area contributed by atoms with Gasteiger partial charge in [0.15, 0.2) is 11.5 Å². The van der Waals surface area contributed by atoms with Crippen molar-refractivity contribution in [2.75, 3.05) is 12.5 Å². The molecule has 108 valence electrons. The summed E-state index contributed by atoms with van der Waals surface area (Å²) in [5.74, 6) is 2.11. The maximum absolute atomic E-state index is 12.0. The van der Waals surface area contributed by atoms with Gasteiger partial charge in [-0.2, -0.15) is 0 Å².